The van der Waals surface area contributed by atoms with Gasteiger partial charge in [-0.2, -0.15) is 0 Å². The molecule has 8 nitrogen and oxygen atoms in total. The number of ether oxygens (including phenoxy) is 1. The fraction of sp³-hybridized carbons (Fsp3) is 0.333. The van der Waals surface area contributed by atoms with Gasteiger partial charge in [-0.25, -0.2) is 4.98 Å². The zero-order valence-electron chi connectivity index (χ0n) is 15.3. The molecule has 2 aromatic rings. The normalized spacial score (nSPS) is 12.8. The van der Waals surface area contributed by atoms with E-state index in [1.165, 1.54) is 23.1 Å². The van der Waals surface area contributed by atoms with Gasteiger partial charge in [-0.1, -0.05) is 23.5 Å². The number of rotatable bonds is 7. The summed E-state index contributed by atoms with van der Waals surface area (Å²) in [4.78, 5) is 41.6. The fourth-order valence-corrected chi connectivity index (χ4v) is 4.57. The van der Waals surface area contributed by atoms with Gasteiger partial charge in [0.15, 0.2) is 5.13 Å². The topological polar surface area (TPSA) is 115 Å². The largest absolute Gasteiger partial charge is 0.490 e. The van der Waals surface area contributed by atoms with Gasteiger partial charge in [-0.05, 0) is 19.1 Å². The number of amides is 3. The highest BCUT2D eigenvalue weighted by Crippen LogP contribution is 2.33. The Labute approximate surface area is 170 Å². The number of hydrogen-bond donors (Lipinski definition) is 2. The van der Waals surface area contributed by atoms with E-state index < -0.39 is 5.91 Å². The van der Waals surface area contributed by atoms with Crippen molar-refractivity contribution < 1.29 is 19.1 Å². The van der Waals surface area contributed by atoms with Crippen LogP contribution in [0.4, 0.5) is 10.8 Å². The molecule has 0 atom stereocenters. The number of aryl methyl sites for hydroxylation is 1. The van der Waals surface area contributed by atoms with Gasteiger partial charge in [0.1, 0.15) is 12.4 Å². The number of carbonyl (C=O) groups excluding carboxylic acids is 3. The molecule has 0 saturated carbocycles. The Bertz CT molecular complexity index is 899. The minimum absolute atomic E-state index is 0.0563. The molecule has 0 saturated heterocycles. The van der Waals surface area contributed by atoms with Gasteiger partial charge in [0.05, 0.1) is 27.9 Å². The summed E-state index contributed by atoms with van der Waals surface area (Å²) in [5.41, 5.74) is 6.60. The van der Waals surface area contributed by atoms with E-state index in [1.54, 1.807) is 11.8 Å². The zero-order valence-corrected chi connectivity index (χ0v) is 16.9. The number of aromatic nitrogens is 1. The van der Waals surface area contributed by atoms with Crippen LogP contribution >= 0.6 is 23.1 Å². The third-order valence-electron chi connectivity index (χ3n) is 3.94. The second kappa shape index (κ2) is 9.07. The summed E-state index contributed by atoms with van der Waals surface area (Å²) in [6.45, 7) is 2.69. The summed E-state index contributed by atoms with van der Waals surface area (Å²) in [5.74, 6) is 0.0118. The summed E-state index contributed by atoms with van der Waals surface area (Å²) >= 11 is 2.57. The molecule has 1 aromatic heterocycles. The van der Waals surface area contributed by atoms with Gasteiger partial charge in [0, 0.05) is 12.8 Å². The van der Waals surface area contributed by atoms with Gasteiger partial charge < -0.3 is 20.7 Å². The summed E-state index contributed by atoms with van der Waals surface area (Å²) in [5, 5.41) is 3.15. The molecule has 0 aliphatic carbocycles. The van der Waals surface area contributed by atoms with Crippen LogP contribution in [0.15, 0.2) is 28.5 Å². The molecule has 1 aliphatic rings. The van der Waals surface area contributed by atoms with Gasteiger partial charge >= 0.3 is 0 Å². The Morgan fingerprint density at radius 3 is 2.89 bits per heavy atom. The lowest BCUT2D eigenvalue weighted by Crippen LogP contribution is -2.38. The number of carbonyl (C=O) groups is 3. The van der Waals surface area contributed by atoms with Crippen LogP contribution in [0.5, 0.6) is 5.75 Å². The lowest BCUT2D eigenvalue weighted by atomic mass is 10.2. The second-order valence-corrected chi connectivity index (χ2v) is 8.30. The van der Waals surface area contributed by atoms with Crippen molar-refractivity contribution in [1.82, 2.24) is 4.98 Å². The van der Waals surface area contributed by atoms with Crippen molar-refractivity contribution in [2.75, 3.05) is 29.1 Å². The maximum absolute atomic E-state index is 12.6. The molecule has 3 rings (SSSR count). The van der Waals surface area contributed by atoms with E-state index in [0.717, 1.165) is 15.6 Å². The average Bonchev–Trinajstić information content (AvgIpc) is 3.03. The van der Waals surface area contributed by atoms with Crippen LogP contribution in [0.2, 0.25) is 0 Å². The van der Waals surface area contributed by atoms with Crippen molar-refractivity contribution in [1.29, 1.82) is 0 Å². The maximum atomic E-state index is 12.6. The third-order valence-corrected chi connectivity index (χ3v) is 6.40. The Morgan fingerprint density at radius 2 is 2.11 bits per heavy atom. The van der Waals surface area contributed by atoms with Crippen molar-refractivity contribution in [3.8, 4) is 5.75 Å². The summed E-state index contributed by atoms with van der Waals surface area (Å²) in [6, 6.07) is 7.35. The van der Waals surface area contributed by atoms with Crippen LogP contribution in [0.25, 0.3) is 0 Å². The number of anilines is 2. The highest BCUT2D eigenvalue weighted by atomic mass is 32.2. The molecule has 0 spiro atoms. The monoisotopic (exact) mass is 420 g/mol. The second-order valence-electron chi connectivity index (χ2n) is 6.06. The maximum Gasteiger partial charge on any atom is 0.227 e. The van der Waals surface area contributed by atoms with Crippen LogP contribution in [-0.2, 0) is 14.4 Å². The number of para-hydroxylation sites is 2. The number of primary amides is 1. The molecular weight excluding hydrogens is 400 g/mol. The first-order chi connectivity index (χ1) is 13.4. The molecule has 3 amide bonds. The predicted molar refractivity (Wildman–Crippen MR) is 109 cm³/mol. The quantitative estimate of drug-likeness (QED) is 0.664. The first-order valence-corrected chi connectivity index (χ1v) is 10.4. The Hall–Kier alpha value is -2.59. The van der Waals surface area contributed by atoms with Gasteiger partial charge in [0.2, 0.25) is 17.7 Å². The first kappa shape index (κ1) is 20.2. The van der Waals surface area contributed by atoms with Crippen LogP contribution in [0.1, 0.15) is 18.5 Å². The molecule has 0 bridgehead atoms. The minimum Gasteiger partial charge on any atom is -0.490 e. The number of fused-ring (bicyclic) bond motifs is 1. The van der Waals surface area contributed by atoms with Gasteiger partial charge in [0.25, 0.3) is 0 Å². The van der Waals surface area contributed by atoms with Crippen LogP contribution in [0.3, 0.4) is 0 Å². The SMILES string of the molecule is Cc1nc(NC(=O)CCC(=O)N2CCOc3ccccc32)sc1SCC(N)=O. The van der Waals surface area contributed by atoms with Crippen LogP contribution < -0.4 is 20.7 Å². The molecule has 0 fully saturated rings. The van der Waals surface area contributed by atoms with Crippen molar-refractivity contribution in [2.45, 2.75) is 24.0 Å². The number of nitrogens with one attached hydrogen (secondary N) is 1. The van der Waals surface area contributed by atoms with Gasteiger partial charge in [-0.3, -0.25) is 14.4 Å². The van der Waals surface area contributed by atoms with Crippen LogP contribution in [-0.4, -0.2) is 41.6 Å². The summed E-state index contributed by atoms with van der Waals surface area (Å²) in [7, 11) is 0. The van der Waals surface area contributed by atoms with E-state index in [9.17, 15) is 14.4 Å². The lowest BCUT2D eigenvalue weighted by Gasteiger charge is -2.29. The summed E-state index contributed by atoms with van der Waals surface area (Å²) in [6.07, 6.45) is 0.147. The Morgan fingerprint density at radius 1 is 1.32 bits per heavy atom. The number of nitrogens with zero attached hydrogens (tertiary/aromatic N) is 2. The Kier molecular flexibility index (Phi) is 6.53. The number of benzene rings is 1. The number of thioether (sulfide) groups is 1. The van der Waals surface area contributed by atoms with Crippen molar-refractivity contribution in [3.05, 3.63) is 30.0 Å². The average molecular weight is 421 g/mol. The van der Waals surface area contributed by atoms with E-state index in [0.29, 0.717) is 24.0 Å². The molecule has 1 aliphatic heterocycles. The molecule has 1 aromatic carbocycles. The first-order valence-electron chi connectivity index (χ1n) is 8.64. The smallest absolute Gasteiger partial charge is 0.227 e. The van der Waals surface area contributed by atoms with Crippen molar-refractivity contribution >= 4 is 51.6 Å². The van der Waals surface area contributed by atoms with E-state index in [2.05, 4.69) is 10.3 Å². The fourth-order valence-electron chi connectivity index (χ4n) is 2.67. The number of hydrogen-bond acceptors (Lipinski definition) is 7. The highest BCUT2D eigenvalue weighted by Gasteiger charge is 2.23. The molecule has 2 heterocycles. The Balaban J connectivity index is 1.53. The molecule has 0 unspecified atom stereocenters. The molecule has 0 radical (unpaired) electrons. The van der Waals surface area contributed by atoms with E-state index in [1.807, 2.05) is 24.3 Å². The zero-order chi connectivity index (χ0) is 20.1. The number of thiazole rings is 1. The molecule has 3 N–H and O–H groups in total. The number of nitrogens with two attached hydrogens (primary N) is 1. The molecular formula is C18H20N4O4S2. The lowest BCUT2D eigenvalue weighted by molar-refractivity contribution is -0.122. The third kappa shape index (κ3) is 5.02. The predicted octanol–water partition coefficient (Wildman–Crippen LogP) is 2.17. The summed E-state index contributed by atoms with van der Waals surface area (Å²) < 4.78 is 6.37. The van der Waals surface area contributed by atoms with E-state index in [-0.39, 0.29) is 30.4 Å². The van der Waals surface area contributed by atoms with E-state index in [4.69, 9.17) is 10.5 Å². The standard InChI is InChI=1S/C18H20N4O4S2/c1-11-17(27-10-14(19)23)28-18(20-11)21-15(24)6-7-16(25)22-8-9-26-13-5-3-2-4-12(13)22/h2-5H,6-10H2,1H3,(H2,19,23)(H,20,21,24). The molecule has 28 heavy (non-hydrogen) atoms. The van der Waals surface area contributed by atoms with E-state index >= 15 is 0 Å². The van der Waals surface area contributed by atoms with Crippen molar-refractivity contribution in [3.63, 3.8) is 0 Å². The minimum atomic E-state index is -0.411. The molecule has 10 heteroatoms. The van der Waals surface area contributed by atoms with Crippen molar-refractivity contribution in [2.24, 2.45) is 5.73 Å². The molecule has 148 valence electrons. The highest BCUT2D eigenvalue weighted by molar-refractivity contribution is 8.01. The van der Waals surface area contributed by atoms with Gasteiger partial charge in [-0.15, -0.1) is 11.8 Å². The van der Waals surface area contributed by atoms with Crippen LogP contribution in [0, 0.1) is 6.92 Å².